The Morgan fingerprint density at radius 2 is 1.97 bits per heavy atom. The first-order valence-electron chi connectivity index (χ1n) is 9.37. The van der Waals surface area contributed by atoms with Crippen molar-refractivity contribution in [2.75, 3.05) is 31.6 Å². The van der Waals surface area contributed by atoms with E-state index in [2.05, 4.69) is 0 Å². The number of nitro groups is 1. The average molecular weight is 401 g/mol. The minimum atomic E-state index is -0.410. The lowest BCUT2D eigenvalue weighted by Crippen LogP contribution is -2.38. The maximum atomic E-state index is 12.3. The predicted octanol–water partition coefficient (Wildman–Crippen LogP) is 2.61. The summed E-state index contributed by atoms with van der Waals surface area (Å²) in [6, 6.07) is 10.1. The zero-order chi connectivity index (χ0) is 20.8. The third kappa shape index (κ3) is 5.13. The molecule has 0 N–H and O–H groups in total. The Balaban J connectivity index is 1.46. The fourth-order valence-electron chi connectivity index (χ4n) is 3.33. The summed E-state index contributed by atoms with van der Waals surface area (Å²) in [7, 11) is 1.62. The minimum absolute atomic E-state index is 0.0544. The molecule has 9 nitrogen and oxygen atoms in total. The molecule has 1 aliphatic heterocycles. The van der Waals surface area contributed by atoms with Crippen LogP contribution in [0.4, 0.5) is 11.4 Å². The number of furan rings is 1. The van der Waals surface area contributed by atoms with E-state index in [0.29, 0.717) is 43.9 Å². The number of rotatable bonds is 7. The second kappa shape index (κ2) is 9.22. The van der Waals surface area contributed by atoms with Gasteiger partial charge in [0.25, 0.3) is 11.6 Å². The minimum Gasteiger partial charge on any atom is -0.467 e. The highest BCUT2D eigenvalue weighted by Gasteiger charge is 2.29. The lowest BCUT2D eigenvalue weighted by Gasteiger charge is -2.32. The average Bonchev–Trinajstić information content (AvgIpc) is 3.24. The van der Waals surface area contributed by atoms with Crippen LogP contribution in [0.5, 0.6) is 0 Å². The van der Waals surface area contributed by atoms with Crippen molar-refractivity contribution in [2.24, 2.45) is 5.92 Å². The van der Waals surface area contributed by atoms with Crippen LogP contribution in [0, 0.1) is 16.0 Å². The molecule has 0 radical (unpaired) electrons. The molecule has 0 unspecified atom stereocenters. The molecule has 0 atom stereocenters. The third-order valence-electron chi connectivity index (χ3n) is 4.98. The van der Waals surface area contributed by atoms with Gasteiger partial charge in [-0.15, -0.1) is 0 Å². The first kappa shape index (κ1) is 20.4. The molecule has 0 bridgehead atoms. The standard InChI is InChI=1S/C20H23N3O6/c1-21(13-16-5-4-12-28-16)19(24)14-29-20(25)15-8-10-22(11-9-15)17-6-2-3-7-18(17)23(26)27/h2-7,12,15H,8-11,13-14H2,1H3. The highest BCUT2D eigenvalue weighted by Crippen LogP contribution is 2.31. The molecule has 2 heterocycles. The van der Waals surface area contributed by atoms with E-state index in [0.717, 1.165) is 0 Å². The van der Waals surface area contributed by atoms with E-state index in [1.807, 2.05) is 4.90 Å². The Hall–Kier alpha value is -3.36. The van der Waals surface area contributed by atoms with Gasteiger partial charge in [-0.05, 0) is 31.0 Å². The second-order valence-electron chi connectivity index (χ2n) is 6.94. The first-order valence-corrected chi connectivity index (χ1v) is 9.37. The van der Waals surface area contributed by atoms with Crippen LogP contribution in [-0.4, -0.2) is 48.4 Å². The van der Waals surface area contributed by atoms with Crippen LogP contribution >= 0.6 is 0 Å². The summed E-state index contributed by atoms with van der Waals surface area (Å²) in [6.07, 6.45) is 2.56. The number of esters is 1. The summed E-state index contributed by atoms with van der Waals surface area (Å²) < 4.78 is 10.4. The molecule has 1 aromatic carbocycles. The summed E-state index contributed by atoms with van der Waals surface area (Å²) >= 11 is 0. The van der Waals surface area contributed by atoms with Gasteiger partial charge in [-0.2, -0.15) is 0 Å². The van der Waals surface area contributed by atoms with Crippen LogP contribution in [0.3, 0.4) is 0 Å². The number of amides is 1. The van der Waals surface area contributed by atoms with Crippen LogP contribution in [0.2, 0.25) is 0 Å². The van der Waals surface area contributed by atoms with Crippen molar-refractivity contribution in [3.8, 4) is 0 Å². The Kier molecular flexibility index (Phi) is 6.48. The zero-order valence-corrected chi connectivity index (χ0v) is 16.2. The molecule has 1 fully saturated rings. The van der Waals surface area contributed by atoms with Crippen LogP contribution in [0.15, 0.2) is 47.1 Å². The van der Waals surface area contributed by atoms with E-state index in [9.17, 15) is 19.7 Å². The number of carbonyl (C=O) groups excluding carboxylic acids is 2. The second-order valence-corrected chi connectivity index (χ2v) is 6.94. The summed E-state index contributed by atoms with van der Waals surface area (Å²) in [5.41, 5.74) is 0.609. The molecule has 0 saturated carbocycles. The lowest BCUT2D eigenvalue weighted by atomic mass is 9.96. The maximum absolute atomic E-state index is 12.3. The molecule has 1 amide bonds. The van der Waals surface area contributed by atoms with Gasteiger partial charge < -0.3 is 19.0 Å². The molecule has 0 spiro atoms. The van der Waals surface area contributed by atoms with Gasteiger partial charge in [0.05, 0.1) is 23.6 Å². The molecular formula is C20H23N3O6. The van der Waals surface area contributed by atoms with Gasteiger partial charge in [0, 0.05) is 26.2 Å². The number of nitrogens with zero attached hydrogens (tertiary/aromatic N) is 3. The summed E-state index contributed by atoms with van der Waals surface area (Å²) in [5, 5.41) is 11.2. The number of likely N-dealkylation sites (N-methyl/N-ethyl adjacent to an activating group) is 1. The van der Waals surface area contributed by atoms with Crippen molar-refractivity contribution >= 4 is 23.3 Å². The molecular weight excluding hydrogens is 378 g/mol. The van der Waals surface area contributed by atoms with Gasteiger partial charge in [-0.3, -0.25) is 19.7 Å². The van der Waals surface area contributed by atoms with Gasteiger partial charge >= 0.3 is 5.97 Å². The van der Waals surface area contributed by atoms with Gasteiger partial charge in [0.15, 0.2) is 6.61 Å². The molecule has 9 heteroatoms. The molecule has 1 aliphatic rings. The fourth-order valence-corrected chi connectivity index (χ4v) is 3.33. The highest BCUT2D eigenvalue weighted by molar-refractivity contribution is 5.81. The molecule has 29 heavy (non-hydrogen) atoms. The van der Waals surface area contributed by atoms with E-state index in [1.165, 1.54) is 17.2 Å². The van der Waals surface area contributed by atoms with Crippen molar-refractivity contribution in [1.29, 1.82) is 0 Å². The number of anilines is 1. The number of nitro benzene ring substituents is 1. The number of para-hydroxylation sites is 2. The smallest absolute Gasteiger partial charge is 0.309 e. The molecule has 3 rings (SSSR count). The summed E-state index contributed by atoms with van der Waals surface area (Å²) in [4.78, 5) is 38.6. The van der Waals surface area contributed by atoms with Gasteiger partial charge in [-0.1, -0.05) is 12.1 Å². The number of ether oxygens (including phenoxy) is 1. The van der Waals surface area contributed by atoms with E-state index in [1.54, 1.807) is 37.4 Å². The molecule has 0 aliphatic carbocycles. The van der Waals surface area contributed by atoms with Crippen molar-refractivity contribution < 1.29 is 23.7 Å². The lowest BCUT2D eigenvalue weighted by molar-refractivity contribution is -0.384. The summed E-state index contributed by atoms with van der Waals surface area (Å²) in [5.74, 6) is -0.397. The monoisotopic (exact) mass is 401 g/mol. The topological polar surface area (TPSA) is 106 Å². The van der Waals surface area contributed by atoms with Crippen molar-refractivity contribution in [3.05, 3.63) is 58.5 Å². The van der Waals surface area contributed by atoms with Crippen molar-refractivity contribution in [3.63, 3.8) is 0 Å². The Labute approximate surface area is 168 Å². The molecule has 1 aromatic heterocycles. The first-order chi connectivity index (χ1) is 14.0. The highest BCUT2D eigenvalue weighted by atomic mass is 16.6. The number of hydrogen-bond donors (Lipinski definition) is 0. The van der Waals surface area contributed by atoms with Crippen LogP contribution in [0.25, 0.3) is 0 Å². The van der Waals surface area contributed by atoms with Crippen LogP contribution in [-0.2, 0) is 20.9 Å². The Bertz CT molecular complexity index is 859. The molecule has 154 valence electrons. The normalized spacial score (nSPS) is 14.4. The van der Waals surface area contributed by atoms with E-state index in [-0.39, 0.29) is 24.1 Å². The number of piperidine rings is 1. The van der Waals surface area contributed by atoms with Gasteiger partial charge in [0.1, 0.15) is 11.4 Å². The number of benzene rings is 1. The van der Waals surface area contributed by atoms with Crippen molar-refractivity contribution in [1.82, 2.24) is 4.90 Å². The van der Waals surface area contributed by atoms with E-state index in [4.69, 9.17) is 9.15 Å². The van der Waals surface area contributed by atoms with Gasteiger partial charge in [-0.25, -0.2) is 0 Å². The number of hydrogen-bond acceptors (Lipinski definition) is 7. The van der Waals surface area contributed by atoms with Crippen molar-refractivity contribution in [2.45, 2.75) is 19.4 Å². The van der Waals surface area contributed by atoms with E-state index >= 15 is 0 Å². The summed E-state index contributed by atoms with van der Waals surface area (Å²) in [6.45, 7) is 1.01. The molecule has 2 aromatic rings. The largest absolute Gasteiger partial charge is 0.467 e. The number of carbonyl (C=O) groups is 2. The quantitative estimate of drug-likeness (QED) is 0.399. The maximum Gasteiger partial charge on any atom is 0.309 e. The SMILES string of the molecule is CN(Cc1ccco1)C(=O)COC(=O)C1CCN(c2ccccc2[N+](=O)[O-])CC1. The van der Waals surface area contributed by atoms with Gasteiger partial charge in [0.2, 0.25) is 0 Å². The third-order valence-corrected chi connectivity index (χ3v) is 4.98. The predicted molar refractivity (Wildman–Crippen MR) is 104 cm³/mol. The molecule has 1 saturated heterocycles. The van der Waals surface area contributed by atoms with Crippen LogP contribution in [0.1, 0.15) is 18.6 Å². The fraction of sp³-hybridized carbons (Fsp3) is 0.400. The Morgan fingerprint density at radius 1 is 1.24 bits per heavy atom. The van der Waals surface area contributed by atoms with E-state index < -0.39 is 10.9 Å². The Morgan fingerprint density at radius 3 is 2.62 bits per heavy atom. The zero-order valence-electron chi connectivity index (χ0n) is 16.2. The van der Waals surface area contributed by atoms with Crippen LogP contribution < -0.4 is 4.90 Å².